The lowest BCUT2D eigenvalue weighted by atomic mass is 10.1. The standard InChI is InChI=1S/C30H40N9O21P3/c1-12-5-37(29(44)35-26(12)42)19-3-14(40)16(56-19)7-54-62(49,50)59-15-4-20(38-6-13(2)27(43)36-30(38)45)57-17(15)8-55-63(51,52)60-23-18(9-53-61(46,47)48)58-28(22(23)41)39-11-34-21-24(31)32-10-33-25(21)39/h5-6,10-11,14-20,22-23,28,40-41H,3-4,7-9H2,1-2H3,(H,49,50)(H,51,52)(H2,31,32,33)(H,35,42,44)(H,36,43,45)(H2,46,47,48)/t14-,15-,16+,17+,18+,19+,20+,22+,23+,28+/m0/s1. The van der Waals surface area contributed by atoms with Crippen molar-refractivity contribution >= 4 is 40.4 Å². The van der Waals surface area contributed by atoms with Gasteiger partial charge in [-0.25, -0.2) is 38.2 Å². The van der Waals surface area contributed by atoms with Gasteiger partial charge in [0, 0.05) is 36.4 Å². The summed E-state index contributed by atoms with van der Waals surface area (Å²) in [7, 11) is -15.8. The third-order valence-electron chi connectivity index (χ3n) is 10.0. The zero-order chi connectivity index (χ0) is 45.8. The van der Waals surface area contributed by atoms with Crippen molar-refractivity contribution in [1.29, 1.82) is 0 Å². The summed E-state index contributed by atoms with van der Waals surface area (Å²) in [5.41, 5.74) is 3.00. The fraction of sp³-hybridized carbons (Fsp3) is 0.567. The van der Waals surface area contributed by atoms with E-state index in [1.165, 1.54) is 20.0 Å². The molecule has 4 aromatic rings. The first-order valence-corrected chi connectivity index (χ1v) is 22.9. The second kappa shape index (κ2) is 18.0. The average Bonchev–Trinajstić information content (AvgIpc) is 3.97. The molecule has 0 amide bonds. The summed E-state index contributed by atoms with van der Waals surface area (Å²) in [5.74, 6) is -0.0508. The van der Waals surface area contributed by atoms with E-state index in [1.54, 1.807) is 0 Å². The molecule has 2 unspecified atom stereocenters. The number of aliphatic hydroxyl groups excluding tert-OH is 2. The number of nitrogens with two attached hydrogens (primary N) is 1. The number of nitrogens with one attached hydrogen (secondary N) is 2. The first-order chi connectivity index (χ1) is 29.5. The summed E-state index contributed by atoms with van der Waals surface area (Å²) in [4.78, 5) is 105. The van der Waals surface area contributed by atoms with E-state index in [0.29, 0.717) is 0 Å². The molecule has 0 aromatic carbocycles. The second-order valence-corrected chi connectivity index (χ2v) is 18.5. The van der Waals surface area contributed by atoms with E-state index >= 15 is 0 Å². The Morgan fingerprint density at radius 2 is 1.30 bits per heavy atom. The molecule has 30 nitrogen and oxygen atoms in total. The number of ether oxygens (including phenoxy) is 3. The summed E-state index contributed by atoms with van der Waals surface area (Å²) >= 11 is 0. The molecular formula is C30H40N9O21P3. The van der Waals surface area contributed by atoms with Crippen molar-refractivity contribution in [3.8, 4) is 0 Å². The second-order valence-electron chi connectivity index (χ2n) is 14.4. The third-order valence-corrected chi connectivity index (χ3v) is 12.5. The fourth-order valence-corrected chi connectivity index (χ4v) is 9.20. The van der Waals surface area contributed by atoms with Gasteiger partial charge in [-0.3, -0.25) is 55.9 Å². The molecule has 3 aliphatic rings. The van der Waals surface area contributed by atoms with Crippen molar-refractivity contribution in [2.24, 2.45) is 0 Å². The highest BCUT2D eigenvalue weighted by Gasteiger charge is 2.51. The van der Waals surface area contributed by atoms with Gasteiger partial charge in [0.05, 0.1) is 32.3 Å². The van der Waals surface area contributed by atoms with Gasteiger partial charge in [0.15, 0.2) is 17.7 Å². The molecule has 4 aromatic heterocycles. The summed E-state index contributed by atoms with van der Waals surface area (Å²) in [6.07, 6.45) is -11.5. The molecule has 63 heavy (non-hydrogen) atoms. The molecule has 0 spiro atoms. The predicted octanol–water partition coefficient (Wildman–Crippen LogP) is -2.57. The highest BCUT2D eigenvalue weighted by atomic mass is 31.2. The topological polar surface area (TPSA) is 426 Å². The van der Waals surface area contributed by atoms with Crippen LogP contribution >= 0.6 is 23.5 Å². The van der Waals surface area contributed by atoms with Crippen LogP contribution in [0.15, 0.2) is 44.2 Å². The smallest absolute Gasteiger partial charge is 0.390 e. The molecule has 346 valence electrons. The lowest BCUT2D eigenvalue weighted by Gasteiger charge is -2.25. The average molecular weight is 956 g/mol. The molecule has 3 saturated heterocycles. The van der Waals surface area contributed by atoms with Crippen molar-refractivity contribution in [2.75, 3.05) is 25.6 Å². The molecule has 0 aliphatic carbocycles. The van der Waals surface area contributed by atoms with Gasteiger partial charge in [-0.05, 0) is 13.8 Å². The lowest BCUT2D eigenvalue weighted by Crippen LogP contribution is -2.36. The largest absolute Gasteiger partial charge is 0.472 e. The molecule has 3 aliphatic heterocycles. The van der Waals surface area contributed by atoms with Gasteiger partial charge in [0.2, 0.25) is 0 Å². The minimum atomic E-state index is -5.42. The zero-order valence-corrected chi connectivity index (χ0v) is 35.2. The molecular weight excluding hydrogens is 915 g/mol. The molecule has 10 N–H and O–H groups in total. The SMILES string of the molecule is Cc1cn([C@H]2C[C@H](OP(=O)(O)OC[C@H]3O[C@@H](n4cc(C)c(=O)[nH]c4=O)C[C@@H]3O)[C@@H](COP(=O)(O)O[C@H]3[C@@H](O)[C@H](n4cnc5c(N)ncnc54)O[C@@H]3COP(=O)(O)O)O2)c(=O)[nH]c1=O. The predicted molar refractivity (Wildman–Crippen MR) is 204 cm³/mol. The van der Waals surface area contributed by atoms with Gasteiger partial charge >= 0.3 is 34.8 Å². The van der Waals surface area contributed by atoms with Crippen LogP contribution in [0.4, 0.5) is 5.82 Å². The first-order valence-electron chi connectivity index (χ1n) is 18.4. The number of aliphatic hydroxyl groups is 2. The van der Waals surface area contributed by atoms with Crippen LogP contribution in [0, 0.1) is 13.8 Å². The number of H-pyrrole nitrogens is 2. The minimum absolute atomic E-state index is 0.0279. The highest BCUT2D eigenvalue weighted by molar-refractivity contribution is 7.47. The number of phosphoric ester groups is 3. The normalized spacial score (nSPS) is 29.6. The molecule has 0 bridgehead atoms. The summed E-state index contributed by atoms with van der Waals surface area (Å²) < 4.78 is 84.2. The van der Waals surface area contributed by atoms with Gasteiger partial charge in [-0.2, -0.15) is 0 Å². The number of nitrogen functional groups attached to an aromatic ring is 1. The maximum absolute atomic E-state index is 13.5. The van der Waals surface area contributed by atoms with Crippen molar-refractivity contribution in [2.45, 2.75) is 88.1 Å². The van der Waals surface area contributed by atoms with Crippen molar-refractivity contribution in [1.82, 2.24) is 38.6 Å². The van der Waals surface area contributed by atoms with E-state index in [2.05, 4.69) is 29.4 Å². The molecule has 33 heteroatoms. The van der Waals surface area contributed by atoms with Crippen LogP contribution in [0.3, 0.4) is 0 Å². The Morgan fingerprint density at radius 1 is 0.746 bits per heavy atom. The van der Waals surface area contributed by atoms with E-state index in [1.807, 2.05) is 0 Å². The van der Waals surface area contributed by atoms with Gasteiger partial charge in [0.25, 0.3) is 11.1 Å². The number of rotatable bonds is 16. The molecule has 12 atom stereocenters. The molecule has 7 rings (SSSR count). The minimum Gasteiger partial charge on any atom is -0.390 e. The number of hydrogen-bond acceptors (Lipinski definition) is 21. The Balaban J connectivity index is 1.06. The van der Waals surface area contributed by atoms with Crippen LogP contribution in [0.5, 0.6) is 0 Å². The maximum atomic E-state index is 13.5. The number of aryl methyl sites for hydroxylation is 2. The number of phosphoric acid groups is 3. The number of fused-ring (bicyclic) bond motifs is 1. The third kappa shape index (κ3) is 10.5. The number of aromatic nitrogens is 8. The van der Waals surface area contributed by atoms with Crippen LogP contribution in [-0.4, -0.2) is 131 Å². The summed E-state index contributed by atoms with van der Waals surface area (Å²) in [6, 6.07) is 0. The zero-order valence-electron chi connectivity index (χ0n) is 32.5. The van der Waals surface area contributed by atoms with E-state index in [9.17, 15) is 62.7 Å². The number of nitrogens with zero attached hydrogens (tertiary/aromatic N) is 6. The lowest BCUT2D eigenvalue weighted by molar-refractivity contribution is -0.0614. The van der Waals surface area contributed by atoms with Crippen molar-refractivity contribution in [3.05, 3.63) is 77.9 Å². The summed E-state index contributed by atoms with van der Waals surface area (Å²) in [5, 5.41) is 21.9. The van der Waals surface area contributed by atoms with Crippen LogP contribution in [0.2, 0.25) is 0 Å². The monoisotopic (exact) mass is 955 g/mol. The number of hydrogen-bond donors (Lipinski definition) is 9. The Kier molecular flexibility index (Phi) is 13.4. The van der Waals surface area contributed by atoms with Crippen LogP contribution in [0.25, 0.3) is 11.2 Å². The highest BCUT2D eigenvalue weighted by Crippen LogP contribution is 2.52. The van der Waals surface area contributed by atoms with Crippen LogP contribution in [0.1, 0.15) is 42.7 Å². The number of imidazole rings is 1. The molecule has 0 radical (unpaired) electrons. The number of aromatic amines is 2. The molecule has 7 heterocycles. The van der Waals surface area contributed by atoms with Gasteiger partial charge in [-0.15, -0.1) is 0 Å². The van der Waals surface area contributed by atoms with E-state index in [-0.39, 0.29) is 34.5 Å². The maximum Gasteiger partial charge on any atom is 0.472 e. The Hall–Kier alpha value is -4.16. The van der Waals surface area contributed by atoms with Crippen LogP contribution < -0.4 is 28.2 Å². The Labute approximate surface area is 350 Å². The Morgan fingerprint density at radius 3 is 1.92 bits per heavy atom. The quantitative estimate of drug-likeness (QED) is 0.0521. The van der Waals surface area contributed by atoms with Crippen molar-refractivity contribution in [3.63, 3.8) is 0 Å². The summed E-state index contributed by atoms with van der Waals surface area (Å²) in [6.45, 7) is 0.0139. The molecule has 3 fully saturated rings. The first kappa shape index (κ1) is 46.8. The van der Waals surface area contributed by atoms with E-state index in [0.717, 1.165) is 32.6 Å². The van der Waals surface area contributed by atoms with Crippen LogP contribution in [-0.2, 0) is 50.5 Å². The van der Waals surface area contributed by atoms with E-state index < -0.39 is 134 Å². The number of anilines is 1. The fourth-order valence-electron chi connectivity index (χ4n) is 6.93. The van der Waals surface area contributed by atoms with Gasteiger partial charge in [0.1, 0.15) is 60.9 Å². The van der Waals surface area contributed by atoms with E-state index in [4.69, 9.17) is 38.0 Å². The van der Waals surface area contributed by atoms with Gasteiger partial charge < -0.3 is 49.7 Å². The van der Waals surface area contributed by atoms with Crippen molar-refractivity contribution < 1.29 is 80.3 Å². The molecule has 0 saturated carbocycles. The van der Waals surface area contributed by atoms with Gasteiger partial charge in [-0.1, -0.05) is 0 Å². The Bertz CT molecular complexity index is 2740.